The van der Waals surface area contributed by atoms with Crippen LogP contribution >= 0.6 is 0 Å². The number of carbonyl (C=O) groups excluding carboxylic acids is 2. The van der Waals surface area contributed by atoms with Gasteiger partial charge >= 0.3 is 6.09 Å². The number of ether oxygens (including phenoxy) is 3. The Morgan fingerprint density at radius 2 is 1.76 bits per heavy atom. The maximum Gasteiger partial charge on any atom is 0.413 e. The molecule has 0 spiro atoms. The third-order valence-corrected chi connectivity index (χ3v) is 4.76. The lowest BCUT2D eigenvalue weighted by Crippen LogP contribution is -2.51. The Balaban J connectivity index is 2.02. The van der Waals surface area contributed by atoms with Crippen LogP contribution in [-0.2, 0) is 9.47 Å². The van der Waals surface area contributed by atoms with Gasteiger partial charge in [-0.15, -0.1) is 0 Å². The summed E-state index contributed by atoms with van der Waals surface area (Å²) < 4.78 is 17.2. The predicted octanol–water partition coefficient (Wildman–Crippen LogP) is 3.92. The van der Waals surface area contributed by atoms with Gasteiger partial charge in [-0.3, -0.25) is 9.69 Å². The van der Waals surface area contributed by atoms with E-state index in [-0.39, 0.29) is 18.6 Å². The van der Waals surface area contributed by atoms with Crippen LogP contribution in [0.2, 0.25) is 0 Å². The van der Waals surface area contributed by atoms with Crippen molar-refractivity contribution >= 4 is 12.0 Å². The second kappa shape index (κ2) is 9.03. The summed E-state index contributed by atoms with van der Waals surface area (Å²) in [6.45, 7) is 15.1. The molecule has 1 saturated heterocycles. The average Bonchev–Trinajstić information content (AvgIpc) is 2.94. The first-order chi connectivity index (χ1) is 13.5. The number of benzene rings is 1. The molecule has 1 aliphatic heterocycles. The van der Waals surface area contributed by atoms with E-state index in [1.165, 1.54) is 0 Å². The zero-order valence-corrected chi connectivity index (χ0v) is 18.7. The molecule has 1 aromatic rings. The Labute approximate surface area is 173 Å². The van der Waals surface area contributed by atoms with Gasteiger partial charge in [0.1, 0.15) is 23.7 Å². The standard InChI is InChI=1S/C22H34N2O5/c1-8-23(9-2)19(25)16-10-12-18(13-11-16)27-14-17-15-28-22(6,7)24(17)20(26)29-21(3,4)5/h10-13,17H,8-9,14-15H2,1-7H3/t17-/m0/s1. The number of nitrogens with zero attached hydrogens (tertiary/aromatic N) is 2. The van der Waals surface area contributed by atoms with Gasteiger partial charge in [0.25, 0.3) is 5.91 Å². The molecule has 2 amide bonds. The zero-order chi connectivity index (χ0) is 21.8. The van der Waals surface area contributed by atoms with E-state index in [0.717, 1.165) is 0 Å². The fraction of sp³-hybridized carbons (Fsp3) is 0.636. The van der Waals surface area contributed by atoms with Crippen molar-refractivity contribution in [2.75, 3.05) is 26.3 Å². The van der Waals surface area contributed by atoms with Gasteiger partial charge in [-0.1, -0.05) is 0 Å². The Hall–Kier alpha value is -2.28. The molecule has 1 aliphatic rings. The summed E-state index contributed by atoms with van der Waals surface area (Å²) in [5.74, 6) is 0.638. The lowest BCUT2D eigenvalue weighted by Gasteiger charge is -2.35. The molecular formula is C22H34N2O5. The van der Waals surface area contributed by atoms with Crippen LogP contribution in [0.15, 0.2) is 24.3 Å². The number of amides is 2. The minimum atomic E-state index is -0.767. The van der Waals surface area contributed by atoms with Crippen molar-refractivity contribution in [2.24, 2.45) is 0 Å². The van der Waals surface area contributed by atoms with Crippen molar-refractivity contribution in [1.82, 2.24) is 9.80 Å². The number of hydrogen-bond acceptors (Lipinski definition) is 5. The summed E-state index contributed by atoms with van der Waals surface area (Å²) in [4.78, 5) is 28.4. The summed E-state index contributed by atoms with van der Waals surface area (Å²) in [5, 5.41) is 0. The Kier molecular flexibility index (Phi) is 7.16. The van der Waals surface area contributed by atoms with Crippen LogP contribution in [0.3, 0.4) is 0 Å². The Morgan fingerprint density at radius 3 is 2.28 bits per heavy atom. The summed E-state index contributed by atoms with van der Waals surface area (Å²) in [7, 11) is 0. The molecule has 0 N–H and O–H groups in total. The average molecular weight is 407 g/mol. The number of hydrogen-bond donors (Lipinski definition) is 0. The molecule has 29 heavy (non-hydrogen) atoms. The molecule has 162 valence electrons. The van der Waals surface area contributed by atoms with Crippen molar-refractivity contribution in [2.45, 2.75) is 65.8 Å². The molecular weight excluding hydrogens is 372 g/mol. The largest absolute Gasteiger partial charge is 0.491 e. The zero-order valence-electron chi connectivity index (χ0n) is 18.7. The molecule has 1 aromatic carbocycles. The molecule has 0 bridgehead atoms. The summed E-state index contributed by atoms with van der Waals surface area (Å²) >= 11 is 0. The fourth-order valence-corrected chi connectivity index (χ4v) is 3.27. The molecule has 1 heterocycles. The second-order valence-corrected chi connectivity index (χ2v) is 8.57. The van der Waals surface area contributed by atoms with Crippen LogP contribution in [0, 0.1) is 0 Å². The van der Waals surface area contributed by atoms with Gasteiger partial charge in [0.15, 0.2) is 0 Å². The van der Waals surface area contributed by atoms with E-state index < -0.39 is 17.4 Å². The molecule has 1 fully saturated rings. The highest BCUT2D eigenvalue weighted by Gasteiger charge is 2.46. The fourth-order valence-electron chi connectivity index (χ4n) is 3.27. The van der Waals surface area contributed by atoms with Crippen molar-refractivity contribution in [3.8, 4) is 5.75 Å². The second-order valence-electron chi connectivity index (χ2n) is 8.57. The molecule has 2 rings (SSSR count). The van der Waals surface area contributed by atoms with E-state index in [4.69, 9.17) is 14.2 Å². The highest BCUT2D eigenvalue weighted by Crippen LogP contribution is 2.30. The normalized spacial score (nSPS) is 18.4. The Bertz CT molecular complexity index is 705. The number of carbonyl (C=O) groups is 2. The highest BCUT2D eigenvalue weighted by atomic mass is 16.6. The monoisotopic (exact) mass is 406 g/mol. The topological polar surface area (TPSA) is 68.3 Å². The van der Waals surface area contributed by atoms with Gasteiger partial charge in [-0.05, 0) is 72.7 Å². The predicted molar refractivity (Wildman–Crippen MR) is 111 cm³/mol. The van der Waals surface area contributed by atoms with Crippen molar-refractivity contribution in [1.29, 1.82) is 0 Å². The van der Waals surface area contributed by atoms with Crippen LogP contribution in [0.4, 0.5) is 4.79 Å². The van der Waals surface area contributed by atoms with Gasteiger partial charge in [0.05, 0.1) is 12.6 Å². The van der Waals surface area contributed by atoms with E-state index in [1.54, 1.807) is 34.1 Å². The third kappa shape index (κ3) is 5.85. The molecule has 7 nitrogen and oxygen atoms in total. The molecule has 0 aromatic heterocycles. The van der Waals surface area contributed by atoms with Gasteiger partial charge in [-0.25, -0.2) is 4.79 Å². The first-order valence-corrected chi connectivity index (χ1v) is 10.2. The van der Waals surface area contributed by atoms with Crippen molar-refractivity contribution in [3.05, 3.63) is 29.8 Å². The van der Waals surface area contributed by atoms with Crippen molar-refractivity contribution < 1.29 is 23.8 Å². The van der Waals surface area contributed by atoms with Crippen LogP contribution < -0.4 is 4.74 Å². The van der Waals surface area contributed by atoms with Gasteiger partial charge < -0.3 is 19.1 Å². The lowest BCUT2D eigenvalue weighted by atomic mass is 10.2. The van der Waals surface area contributed by atoms with E-state index >= 15 is 0 Å². The molecule has 7 heteroatoms. The summed E-state index contributed by atoms with van der Waals surface area (Å²) in [6.07, 6.45) is -0.422. The van der Waals surface area contributed by atoms with Crippen LogP contribution in [0.1, 0.15) is 58.8 Å². The quantitative estimate of drug-likeness (QED) is 0.716. The van der Waals surface area contributed by atoms with Gasteiger partial charge in [-0.2, -0.15) is 0 Å². The van der Waals surface area contributed by atoms with E-state index in [0.29, 0.717) is 31.0 Å². The van der Waals surface area contributed by atoms with Crippen LogP contribution in [-0.4, -0.2) is 65.5 Å². The SMILES string of the molecule is CCN(CC)C(=O)c1ccc(OC[C@H]2COC(C)(C)N2C(=O)OC(C)(C)C)cc1. The number of rotatable bonds is 6. The maximum atomic E-state index is 12.7. The third-order valence-electron chi connectivity index (χ3n) is 4.76. The molecule has 0 saturated carbocycles. The molecule has 0 radical (unpaired) electrons. The Morgan fingerprint density at radius 1 is 1.17 bits per heavy atom. The van der Waals surface area contributed by atoms with Gasteiger partial charge in [0, 0.05) is 18.7 Å². The minimum absolute atomic E-state index is 0.00333. The van der Waals surface area contributed by atoms with Crippen molar-refractivity contribution in [3.63, 3.8) is 0 Å². The smallest absolute Gasteiger partial charge is 0.413 e. The van der Waals surface area contributed by atoms with E-state index in [1.807, 2.05) is 48.5 Å². The van der Waals surface area contributed by atoms with E-state index in [9.17, 15) is 9.59 Å². The molecule has 1 atom stereocenters. The van der Waals surface area contributed by atoms with E-state index in [2.05, 4.69) is 0 Å². The van der Waals surface area contributed by atoms with Crippen LogP contribution in [0.5, 0.6) is 5.75 Å². The summed E-state index contributed by atoms with van der Waals surface area (Å²) in [6, 6.07) is 6.80. The first kappa shape index (κ1) is 23.0. The highest BCUT2D eigenvalue weighted by molar-refractivity contribution is 5.94. The maximum absolute atomic E-state index is 12.7. The first-order valence-electron chi connectivity index (χ1n) is 10.2. The summed E-state index contributed by atoms with van der Waals surface area (Å²) in [5.41, 5.74) is -0.730. The minimum Gasteiger partial charge on any atom is -0.491 e. The van der Waals surface area contributed by atoms with Crippen LogP contribution in [0.25, 0.3) is 0 Å². The molecule has 0 aliphatic carbocycles. The van der Waals surface area contributed by atoms with Gasteiger partial charge in [0.2, 0.25) is 0 Å². The lowest BCUT2D eigenvalue weighted by molar-refractivity contribution is -0.0637. The molecule has 0 unspecified atom stereocenters.